The van der Waals surface area contributed by atoms with Crippen LogP contribution in [0.2, 0.25) is 0 Å². The number of para-hydroxylation sites is 1. The van der Waals surface area contributed by atoms with E-state index in [9.17, 15) is 9.59 Å². The Morgan fingerprint density at radius 1 is 0.900 bits per heavy atom. The molecule has 0 N–H and O–H groups in total. The largest absolute Gasteiger partial charge is 0.497 e. The molecule has 0 amide bonds. The van der Waals surface area contributed by atoms with E-state index >= 15 is 0 Å². The highest BCUT2D eigenvalue weighted by atomic mass is 16.5. The highest BCUT2D eigenvalue weighted by Gasteiger charge is 2.27. The number of benzene rings is 3. The molecule has 7 heteroatoms. The minimum Gasteiger partial charge on any atom is -0.497 e. The summed E-state index contributed by atoms with van der Waals surface area (Å²) in [7, 11) is 1.55. The van der Waals surface area contributed by atoms with Crippen molar-refractivity contribution < 1.29 is 19.1 Å². The maximum absolute atomic E-state index is 13.2. The fourth-order valence-electron chi connectivity index (χ4n) is 3.10. The smallest absolute Gasteiger partial charge is 0.338 e. The SMILES string of the molecule is COc1ccc(C(=O)C(Cn2nnc3ccccc32)OC(=O)c2ccccc2)cc1. The van der Waals surface area contributed by atoms with Gasteiger partial charge >= 0.3 is 5.97 Å². The maximum atomic E-state index is 13.2. The first-order valence-corrected chi connectivity index (χ1v) is 9.38. The number of hydrogen-bond donors (Lipinski definition) is 0. The molecule has 3 aromatic carbocycles. The van der Waals surface area contributed by atoms with E-state index in [1.165, 1.54) is 0 Å². The Morgan fingerprint density at radius 2 is 1.60 bits per heavy atom. The van der Waals surface area contributed by atoms with Gasteiger partial charge in [0.25, 0.3) is 0 Å². The Bertz CT molecular complexity index is 1170. The van der Waals surface area contributed by atoms with E-state index in [1.54, 1.807) is 66.4 Å². The summed E-state index contributed by atoms with van der Waals surface area (Å²) in [6.45, 7) is 0.0456. The van der Waals surface area contributed by atoms with Gasteiger partial charge in [-0.25, -0.2) is 9.48 Å². The second-order valence-electron chi connectivity index (χ2n) is 6.61. The first kappa shape index (κ1) is 19.3. The highest BCUT2D eigenvalue weighted by Crippen LogP contribution is 2.17. The Balaban J connectivity index is 1.64. The van der Waals surface area contributed by atoms with Crippen LogP contribution in [-0.2, 0) is 11.3 Å². The molecule has 1 aromatic heterocycles. The topological polar surface area (TPSA) is 83.3 Å². The number of rotatable bonds is 7. The van der Waals surface area contributed by atoms with Crippen molar-refractivity contribution in [1.82, 2.24) is 15.0 Å². The monoisotopic (exact) mass is 401 g/mol. The fraction of sp³-hybridized carbons (Fsp3) is 0.130. The van der Waals surface area contributed by atoms with Gasteiger partial charge in [-0.1, -0.05) is 35.5 Å². The molecule has 1 atom stereocenters. The number of ether oxygens (including phenoxy) is 2. The highest BCUT2D eigenvalue weighted by molar-refractivity contribution is 6.01. The Labute approximate surface area is 172 Å². The lowest BCUT2D eigenvalue weighted by molar-refractivity contribution is 0.0245. The van der Waals surface area contributed by atoms with Crippen LogP contribution in [0.5, 0.6) is 5.75 Å². The maximum Gasteiger partial charge on any atom is 0.338 e. The molecule has 0 saturated carbocycles. The molecule has 0 radical (unpaired) electrons. The van der Waals surface area contributed by atoms with Crippen molar-refractivity contribution in [2.45, 2.75) is 12.6 Å². The Kier molecular flexibility index (Phi) is 5.52. The molecule has 0 bridgehead atoms. The second-order valence-corrected chi connectivity index (χ2v) is 6.61. The molecule has 4 rings (SSSR count). The molecule has 1 heterocycles. The third kappa shape index (κ3) is 4.05. The summed E-state index contributed by atoms with van der Waals surface area (Å²) in [6.07, 6.45) is -1.07. The molecule has 0 aliphatic carbocycles. The fourth-order valence-corrected chi connectivity index (χ4v) is 3.10. The second kappa shape index (κ2) is 8.57. The van der Waals surface area contributed by atoms with Gasteiger partial charge in [-0.15, -0.1) is 5.10 Å². The molecule has 0 aliphatic heterocycles. The normalized spacial score (nSPS) is 11.8. The van der Waals surface area contributed by atoms with Crippen LogP contribution in [-0.4, -0.2) is 40.0 Å². The van der Waals surface area contributed by atoms with Crippen LogP contribution in [0, 0.1) is 0 Å². The van der Waals surface area contributed by atoms with Crippen LogP contribution in [0.1, 0.15) is 20.7 Å². The number of fused-ring (bicyclic) bond motifs is 1. The van der Waals surface area contributed by atoms with Crippen molar-refractivity contribution in [3.8, 4) is 5.75 Å². The minimum absolute atomic E-state index is 0.0456. The standard InChI is InChI=1S/C23H19N3O4/c1-29-18-13-11-16(12-14-18)22(27)21(30-23(28)17-7-3-2-4-8-17)15-26-20-10-6-5-9-19(20)24-25-26/h2-14,21H,15H2,1H3. The summed E-state index contributed by atoms with van der Waals surface area (Å²) in [5.41, 5.74) is 2.22. The van der Waals surface area contributed by atoms with Gasteiger partial charge in [0.05, 0.1) is 24.7 Å². The summed E-state index contributed by atoms with van der Waals surface area (Å²) in [5, 5.41) is 8.23. The van der Waals surface area contributed by atoms with Crippen molar-refractivity contribution >= 4 is 22.8 Å². The number of methoxy groups -OCH3 is 1. The molecule has 30 heavy (non-hydrogen) atoms. The molecule has 0 spiro atoms. The minimum atomic E-state index is -1.07. The van der Waals surface area contributed by atoms with Crippen LogP contribution in [0.3, 0.4) is 0 Å². The third-order valence-corrected chi connectivity index (χ3v) is 4.68. The van der Waals surface area contributed by atoms with E-state index in [2.05, 4.69) is 10.3 Å². The number of aromatic nitrogens is 3. The number of nitrogens with zero attached hydrogens (tertiary/aromatic N) is 3. The van der Waals surface area contributed by atoms with Crippen LogP contribution >= 0.6 is 0 Å². The van der Waals surface area contributed by atoms with Gasteiger partial charge in [-0.2, -0.15) is 0 Å². The lowest BCUT2D eigenvalue weighted by Crippen LogP contribution is -2.32. The van der Waals surface area contributed by atoms with E-state index in [0.717, 1.165) is 5.52 Å². The molecule has 4 aromatic rings. The van der Waals surface area contributed by atoms with Crippen molar-refractivity contribution in [3.05, 3.63) is 90.0 Å². The number of ketones is 1. The zero-order chi connectivity index (χ0) is 20.9. The first-order valence-electron chi connectivity index (χ1n) is 9.38. The van der Waals surface area contributed by atoms with E-state index in [0.29, 0.717) is 22.4 Å². The predicted molar refractivity (Wildman–Crippen MR) is 110 cm³/mol. The van der Waals surface area contributed by atoms with E-state index in [1.807, 2.05) is 24.3 Å². The number of Topliss-reactive ketones (excluding diaryl/α,β-unsaturated/α-hetero) is 1. The van der Waals surface area contributed by atoms with Gasteiger partial charge in [0.1, 0.15) is 11.3 Å². The summed E-state index contributed by atoms with van der Waals surface area (Å²) < 4.78 is 12.3. The van der Waals surface area contributed by atoms with Gasteiger partial charge in [-0.3, -0.25) is 4.79 Å². The Hall–Kier alpha value is -4.00. The van der Waals surface area contributed by atoms with Gasteiger partial charge in [0, 0.05) is 5.56 Å². The molecular formula is C23H19N3O4. The average molecular weight is 401 g/mol. The van der Waals surface area contributed by atoms with Crippen molar-refractivity contribution in [2.24, 2.45) is 0 Å². The molecule has 0 saturated heterocycles. The number of carbonyl (C=O) groups is 2. The zero-order valence-corrected chi connectivity index (χ0v) is 16.3. The zero-order valence-electron chi connectivity index (χ0n) is 16.3. The first-order chi connectivity index (χ1) is 14.7. The van der Waals surface area contributed by atoms with Gasteiger partial charge in [0.2, 0.25) is 5.78 Å². The van der Waals surface area contributed by atoms with Crippen molar-refractivity contribution in [1.29, 1.82) is 0 Å². The third-order valence-electron chi connectivity index (χ3n) is 4.68. The Morgan fingerprint density at radius 3 is 2.33 bits per heavy atom. The average Bonchev–Trinajstić information content (AvgIpc) is 3.21. The molecule has 0 aliphatic rings. The van der Waals surface area contributed by atoms with Gasteiger partial charge in [-0.05, 0) is 48.5 Å². The molecule has 0 fully saturated rings. The summed E-state index contributed by atoms with van der Waals surface area (Å²) in [4.78, 5) is 25.8. The molecule has 150 valence electrons. The van der Waals surface area contributed by atoms with Crippen molar-refractivity contribution in [3.63, 3.8) is 0 Å². The van der Waals surface area contributed by atoms with E-state index in [-0.39, 0.29) is 12.3 Å². The van der Waals surface area contributed by atoms with Gasteiger partial charge in [0.15, 0.2) is 6.10 Å². The molecule has 1 unspecified atom stereocenters. The van der Waals surface area contributed by atoms with Crippen LogP contribution < -0.4 is 4.74 Å². The molecular weight excluding hydrogens is 382 g/mol. The molecule has 7 nitrogen and oxygen atoms in total. The van der Waals surface area contributed by atoms with Gasteiger partial charge < -0.3 is 9.47 Å². The van der Waals surface area contributed by atoms with Crippen LogP contribution in [0.4, 0.5) is 0 Å². The van der Waals surface area contributed by atoms with Crippen molar-refractivity contribution in [2.75, 3.05) is 7.11 Å². The summed E-state index contributed by atoms with van der Waals surface area (Å²) >= 11 is 0. The summed E-state index contributed by atoms with van der Waals surface area (Å²) in [5.74, 6) is -0.278. The predicted octanol–water partition coefficient (Wildman–Crippen LogP) is 3.55. The number of esters is 1. The van der Waals surface area contributed by atoms with E-state index in [4.69, 9.17) is 9.47 Å². The lowest BCUT2D eigenvalue weighted by Gasteiger charge is -2.17. The van der Waals surface area contributed by atoms with E-state index < -0.39 is 12.1 Å². The van der Waals surface area contributed by atoms with Crippen LogP contribution in [0.25, 0.3) is 11.0 Å². The number of carbonyl (C=O) groups excluding carboxylic acids is 2. The summed E-state index contributed by atoms with van der Waals surface area (Å²) in [6, 6.07) is 22.6. The van der Waals surface area contributed by atoms with Crippen LogP contribution in [0.15, 0.2) is 78.9 Å². The lowest BCUT2D eigenvalue weighted by atomic mass is 10.1. The number of hydrogen-bond acceptors (Lipinski definition) is 6. The quantitative estimate of drug-likeness (QED) is 0.348.